The molecular formula is C28H34N6O4. The van der Waals surface area contributed by atoms with Crippen molar-refractivity contribution in [2.75, 3.05) is 51.3 Å². The van der Waals surface area contributed by atoms with Crippen LogP contribution in [0.2, 0.25) is 0 Å². The lowest BCUT2D eigenvalue weighted by atomic mass is 10.1. The molecule has 2 fully saturated rings. The van der Waals surface area contributed by atoms with Crippen LogP contribution in [0.5, 0.6) is 5.75 Å². The number of carbonyl (C=O) groups excluding carboxylic acids is 2. The van der Waals surface area contributed by atoms with Gasteiger partial charge < -0.3 is 19.3 Å². The van der Waals surface area contributed by atoms with Crippen molar-refractivity contribution in [2.45, 2.75) is 32.0 Å². The second kappa shape index (κ2) is 11.6. The van der Waals surface area contributed by atoms with E-state index in [2.05, 4.69) is 32.2 Å². The molecule has 0 bridgehead atoms. The number of para-hydroxylation sites is 1. The van der Waals surface area contributed by atoms with Crippen LogP contribution in [0, 0.1) is 0 Å². The molecule has 38 heavy (non-hydrogen) atoms. The Labute approximate surface area is 222 Å². The number of benzene rings is 2. The third kappa shape index (κ3) is 5.65. The zero-order valence-corrected chi connectivity index (χ0v) is 21.9. The number of anilines is 1. The van der Waals surface area contributed by atoms with Crippen molar-refractivity contribution in [1.82, 2.24) is 24.8 Å². The van der Waals surface area contributed by atoms with E-state index in [1.165, 1.54) is 12.8 Å². The van der Waals surface area contributed by atoms with Gasteiger partial charge in [-0.15, -0.1) is 5.10 Å². The molecule has 0 spiro atoms. The van der Waals surface area contributed by atoms with Gasteiger partial charge in [-0.25, -0.2) is 9.48 Å². The zero-order chi connectivity index (χ0) is 26.5. The Balaban J connectivity index is 1.30. The molecule has 5 rings (SSSR count). The van der Waals surface area contributed by atoms with Crippen molar-refractivity contribution in [3.05, 3.63) is 72.1 Å². The van der Waals surface area contributed by atoms with Crippen molar-refractivity contribution in [1.29, 1.82) is 0 Å². The number of hydrogen-bond donors (Lipinski definition) is 0. The SMILES string of the molecule is CCOc1ccc(CN2C[C@H](n3cc(C(=O)OC)nn3)C[C@H]2C(=O)N2CCN(c3ccccc3)CC2)cc1. The Bertz CT molecular complexity index is 1220. The summed E-state index contributed by atoms with van der Waals surface area (Å²) in [6.07, 6.45) is 2.20. The van der Waals surface area contributed by atoms with Crippen LogP contribution >= 0.6 is 0 Å². The van der Waals surface area contributed by atoms with Crippen molar-refractivity contribution in [3.8, 4) is 5.75 Å². The highest BCUT2D eigenvalue weighted by molar-refractivity contribution is 5.86. The van der Waals surface area contributed by atoms with E-state index in [4.69, 9.17) is 9.47 Å². The molecule has 2 atom stereocenters. The van der Waals surface area contributed by atoms with Gasteiger partial charge in [0.05, 0.1) is 32.0 Å². The minimum atomic E-state index is -0.524. The van der Waals surface area contributed by atoms with Crippen LogP contribution in [0.15, 0.2) is 60.8 Å². The molecule has 2 aliphatic rings. The number of nitrogens with zero attached hydrogens (tertiary/aromatic N) is 6. The predicted octanol–water partition coefficient (Wildman–Crippen LogP) is 2.63. The molecule has 1 amide bonds. The highest BCUT2D eigenvalue weighted by atomic mass is 16.5. The fraction of sp³-hybridized carbons (Fsp3) is 0.429. The topological polar surface area (TPSA) is 93.0 Å². The maximum Gasteiger partial charge on any atom is 0.360 e. The summed E-state index contributed by atoms with van der Waals surface area (Å²) in [6.45, 7) is 6.80. The summed E-state index contributed by atoms with van der Waals surface area (Å²) < 4.78 is 12.1. The fourth-order valence-electron chi connectivity index (χ4n) is 5.28. The molecule has 3 heterocycles. The van der Waals surface area contributed by atoms with Crippen LogP contribution in [0.25, 0.3) is 0 Å². The van der Waals surface area contributed by atoms with Crippen molar-refractivity contribution < 1.29 is 19.1 Å². The number of carbonyl (C=O) groups is 2. The molecule has 0 saturated carbocycles. The van der Waals surface area contributed by atoms with Crippen molar-refractivity contribution in [2.24, 2.45) is 0 Å². The number of aromatic nitrogens is 3. The monoisotopic (exact) mass is 518 g/mol. The second-order valence-corrected chi connectivity index (χ2v) is 9.63. The molecule has 0 unspecified atom stereocenters. The van der Waals surface area contributed by atoms with E-state index >= 15 is 0 Å². The van der Waals surface area contributed by atoms with Crippen LogP contribution in [-0.2, 0) is 16.1 Å². The van der Waals surface area contributed by atoms with Gasteiger partial charge >= 0.3 is 5.97 Å². The molecule has 2 aliphatic heterocycles. The molecule has 0 N–H and O–H groups in total. The standard InChI is InChI=1S/C28H34N6O4/c1-3-38-24-11-9-21(10-12-24)18-33-19-23(34-20-25(29-30-34)28(36)37-2)17-26(33)27(35)32-15-13-31(14-16-32)22-7-5-4-6-8-22/h4-12,20,23,26H,3,13-19H2,1-2H3/t23-,26+/m1/s1. The van der Waals surface area contributed by atoms with Gasteiger partial charge in [0.2, 0.25) is 5.91 Å². The lowest BCUT2D eigenvalue weighted by Crippen LogP contribution is -2.53. The molecule has 0 radical (unpaired) electrons. The average Bonchev–Trinajstić information content (AvgIpc) is 3.62. The number of amides is 1. The molecule has 2 aromatic carbocycles. The first-order valence-electron chi connectivity index (χ1n) is 13.1. The summed E-state index contributed by atoms with van der Waals surface area (Å²) in [6, 6.07) is 18.0. The Hall–Kier alpha value is -3.92. The van der Waals surface area contributed by atoms with Crippen LogP contribution in [0.3, 0.4) is 0 Å². The third-order valence-electron chi connectivity index (χ3n) is 7.28. The Morgan fingerprint density at radius 1 is 1.00 bits per heavy atom. The minimum Gasteiger partial charge on any atom is -0.494 e. The van der Waals surface area contributed by atoms with Crippen LogP contribution in [-0.4, -0.2) is 89.2 Å². The quantitative estimate of drug-likeness (QED) is 0.420. The van der Waals surface area contributed by atoms with E-state index < -0.39 is 5.97 Å². The molecule has 0 aliphatic carbocycles. The lowest BCUT2D eigenvalue weighted by Gasteiger charge is -2.38. The largest absolute Gasteiger partial charge is 0.494 e. The maximum atomic E-state index is 13.8. The first-order valence-corrected chi connectivity index (χ1v) is 13.1. The number of piperazine rings is 1. The van der Waals surface area contributed by atoms with Crippen molar-refractivity contribution >= 4 is 17.6 Å². The minimum absolute atomic E-state index is 0.0804. The lowest BCUT2D eigenvalue weighted by molar-refractivity contribution is -0.136. The number of esters is 1. The molecule has 10 nitrogen and oxygen atoms in total. The van der Waals surface area contributed by atoms with Crippen LogP contribution in [0.4, 0.5) is 5.69 Å². The summed E-state index contributed by atoms with van der Waals surface area (Å²) in [5.74, 6) is 0.446. The van der Waals surface area contributed by atoms with Gasteiger partial charge in [0, 0.05) is 45.0 Å². The van der Waals surface area contributed by atoms with Gasteiger partial charge in [-0.05, 0) is 43.2 Å². The summed E-state index contributed by atoms with van der Waals surface area (Å²) in [4.78, 5) is 32.3. The van der Waals surface area contributed by atoms with Crippen LogP contribution in [0.1, 0.15) is 35.4 Å². The van der Waals surface area contributed by atoms with Gasteiger partial charge in [-0.1, -0.05) is 35.5 Å². The fourth-order valence-corrected chi connectivity index (χ4v) is 5.28. The van der Waals surface area contributed by atoms with E-state index in [0.29, 0.717) is 39.2 Å². The molecular weight excluding hydrogens is 484 g/mol. The number of methoxy groups -OCH3 is 1. The smallest absolute Gasteiger partial charge is 0.360 e. The molecule has 10 heteroatoms. The highest BCUT2D eigenvalue weighted by Gasteiger charge is 2.40. The summed E-state index contributed by atoms with van der Waals surface area (Å²) in [5.41, 5.74) is 2.46. The summed E-state index contributed by atoms with van der Waals surface area (Å²) in [5, 5.41) is 8.15. The number of likely N-dealkylation sites (tertiary alicyclic amines) is 1. The van der Waals surface area contributed by atoms with Crippen LogP contribution < -0.4 is 9.64 Å². The Morgan fingerprint density at radius 2 is 1.74 bits per heavy atom. The highest BCUT2D eigenvalue weighted by Crippen LogP contribution is 2.31. The molecule has 3 aromatic rings. The van der Waals surface area contributed by atoms with Gasteiger partial charge in [-0.2, -0.15) is 0 Å². The Kier molecular flexibility index (Phi) is 7.88. The van der Waals surface area contributed by atoms with Gasteiger partial charge in [-0.3, -0.25) is 9.69 Å². The number of ether oxygens (including phenoxy) is 2. The first kappa shape index (κ1) is 25.7. The van der Waals surface area contributed by atoms with E-state index in [1.807, 2.05) is 54.3 Å². The normalized spacial score (nSPS) is 19.9. The summed E-state index contributed by atoms with van der Waals surface area (Å²) >= 11 is 0. The molecule has 200 valence electrons. The van der Waals surface area contributed by atoms with Gasteiger partial charge in [0.15, 0.2) is 5.69 Å². The number of rotatable bonds is 8. The van der Waals surface area contributed by atoms with E-state index in [9.17, 15) is 9.59 Å². The third-order valence-corrected chi connectivity index (χ3v) is 7.28. The second-order valence-electron chi connectivity index (χ2n) is 9.63. The zero-order valence-electron chi connectivity index (χ0n) is 21.9. The van der Waals surface area contributed by atoms with E-state index in [0.717, 1.165) is 24.4 Å². The van der Waals surface area contributed by atoms with E-state index in [1.54, 1.807) is 10.9 Å². The van der Waals surface area contributed by atoms with Gasteiger partial charge in [0.25, 0.3) is 0 Å². The van der Waals surface area contributed by atoms with Gasteiger partial charge in [0.1, 0.15) is 5.75 Å². The number of hydrogen-bond acceptors (Lipinski definition) is 8. The molecule has 1 aromatic heterocycles. The molecule has 2 saturated heterocycles. The Morgan fingerprint density at radius 3 is 2.42 bits per heavy atom. The van der Waals surface area contributed by atoms with Crippen molar-refractivity contribution in [3.63, 3.8) is 0 Å². The predicted molar refractivity (Wildman–Crippen MR) is 142 cm³/mol. The summed E-state index contributed by atoms with van der Waals surface area (Å²) in [7, 11) is 1.32. The average molecular weight is 519 g/mol. The van der Waals surface area contributed by atoms with E-state index in [-0.39, 0.29) is 23.7 Å². The maximum absolute atomic E-state index is 13.8. The first-order chi connectivity index (χ1) is 18.6.